The molecule has 0 aromatic heterocycles. The Morgan fingerprint density at radius 3 is 2.18 bits per heavy atom. The summed E-state index contributed by atoms with van der Waals surface area (Å²) in [5.41, 5.74) is 0.640. The van der Waals surface area contributed by atoms with Gasteiger partial charge in [0.1, 0.15) is 5.75 Å². The molecule has 22 heavy (non-hydrogen) atoms. The Bertz CT molecular complexity index is 468. The Morgan fingerprint density at radius 2 is 1.55 bits per heavy atom. The number of unbranched alkanes of at least 4 members (excludes halogenated alkanes) is 6. The lowest BCUT2D eigenvalue weighted by Gasteiger charge is -2.09. The maximum absolute atomic E-state index is 11.5. The van der Waals surface area contributed by atoms with E-state index in [1.165, 1.54) is 0 Å². The minimum atomic E-state index is -0.706. The van der Waals surface area contributed by atoms with Crippen molar-refractivity contribution in [3.8, 4) is 5.75 Å². The van der Waals surface area contributed by atoms with Crippen LogP contribution in [0.3, 0.4) is 0 Å². The van der Waals surface area contributed by atoms with E-state index in [0.717, 1.165) is 44.9 Å². The third-order valence-corrected chi connectivity index (χ3v) is 3.56. The molecule has 0 spiro atoms. The van der Waals surface area contributed by atoms with Crippen molar-refractivity contribution < 1.29 is 19.4 Å². The summed E-state index contributed by atoms with van der Waals surface area (Å²) in [6.45, 7) is 2.18. The van der Waals surface area contributed by atoms with Crippen molar-refractivity contribution in [3.63, 3.8) is 0 Å². The van der Waals surface area contributed by atoms with Crippen molar-refractivity contribution in [1.82, 2.24) is 0 Å². The van der Waals surface area contributed by atoms with Crippen LogP contribution in [0.15, 0.2) is 24.3 Å². The van der Waals surface area contributed by atoms with E-state index in [-0.39, 0.29) is 12.2 Å². The average Bonchev–Trinajstić information content (AvgIpc) is 2.49. The predicted octanol–water partition coefficient (Wildman–Crippen LogP) is 4.47. The van der Waals surface area contributed by atoms with Gasteiger partial charge in [0.2, 0.25) is 0 Å². The first-order chi connectivity index (χ1) is 10.6. The molecule has 0 unspecified atom stereocenters. The lowest BCUT2D eigenvalue weighted by Crippen LogP contribution is -2.02. The Balaban J connectivity index is 2.04. The second-order valence-corrected chi connectivity index (χ2v) is 5.52. The van der Waals surface area contributed by atoms with E-state index in [2.05, 4.69) is 0 Å². The maximum atomic E-state index is 11.5. The first-order valence-electron chi connectivity index (χ1n) is 8.06. The van der Waals surface area contributed by atoms with Crippen LogP contribution in [-0.2, 0) is 4.79 Å². The molecule has 4 heteroatoms. The summed E-state index contributed by atoms with van der Waals surface area (Å²) in [5.74, 6) is -0.0105. The van der Waals surface area contributed by atoms with Crippen LogP contribution in [-0.4, -0.2) is 23.5 Å². The van der Waals surface area contributed by atoms with E-state index >= 15 is 0 Å². The third kappa shape index (κ3) is 7.81. The number of aliphatic carboxylic acids is 1. The summed E-state index contributed by atoms with van der Waals surface area (Å²) in [6.07, 6.45) is 7.51. The van der Waals surface area contributed by atoms with E-state index in [1.807, 2.05) is 18.2 Å². The quantitative estimate of drug-likeness (QED) is 0.457. The molecule has 4 nitrogen and oxygen atoms in total. The standard InChI is InChI=1S/C18H26O4/c1-15(19)16-11-8-9-12-17(16)22-14-10-6-4-2-3-5-7-13-18(20)21/h8-9,11-12H,2-7,10,13-14H2,1H3,(H,20,21). The number of hydrogen-bond acceptors (Lipinski definition) is 3. The predicted molar refractivity (Wildman–Crippen MR) is 86.5 cm³/mol. The lowest BCUT2D eigenvalue weighted by atomic mass is 10.1. The van der Waals surface area contributed by atoms with Gasteiger partial charge in [0, 0.05) is 6.42 Å². The zero-order valence-corrected chi connectivity index (χ0v) is 13.3. The summed E-state index contributed by atoms with van der Waals surface area (Å²) in [5, 5.41) is 8.53. The van der Waals surface area contributed by atoms with Crippen molar-refractivity contribution >= 4 is 11.8 Å². The van der Waals surface area contributed by atoms with Crippen LogP contribution in [0.4, 0.5) is 0 Å². The van der Waals surface area contributed by atoms with Crippen molar-refractivity contribution in [1.29, 1.82) is 0 Å². The molecule has 1 aromatic rings. The van der Waals surface area contributed by atoms with E-state index in [1.54, 1.807) is 13.0 Å². The summed E-state index contributed by atoms with van der Waals surface area (Å²) in [4.78, 5) is 21.8. The Labute approximate surface area is 132 Å². The van der Waals surface area contributed by atoms with Gasteiger partial charge < -0.3 is 9.84 Å². The molecular weight excluding hydrogens is 280 g/mol. The second-order valence-electron chi connectivity index (χ2n) is 5.52. The molecule has 0 bridgehead atoms. The molecule has 1 N–H and O–H groups in total. The maximum Gasteiger partial charge on any atom is 0.303 e. The van der Waals surface area contributed by atoms with Gasteiger partial charge in [-0.1, -0.05) is 44.2 Å². The molecule has 0 aliphatic heterocycles. The molecule has 0 aliphatic carbocycles. The van der Waals surface area contributed by atoms with Gasteiger partial charge in [-0.3, -0.25) is 9.59 Å². The number of Topliss-reactive ketones (excluding diaryl/α,β-unsaturated/α-hetero) is 1. The topological polar surface area (TPSA) is 63.6 Å². The zero-order valence-electron chi connectivity index (χ0n) is 13.3. The monoisotopic (exact) mass is 306 g/mol. The molecule has 0 aliphatic rings. The molecule has 0 heterocycles. The average molecular weight is 306 g/mol. The van der Waals surface area contributed by atoms with Crippen molar-refractivity contribution in [3.05, 3.63) is 29.8 Å². The number of carbonyl (C=O) groups excluding carboxylic acids is 1. The van der Waals surface area contributed by atoms with Crippen LogP contribution < -0.4 is 4.74 Å². The van der Waals surface area contributed by atoms with Crippen molar-refractivity contribution in [2.75, 3.05) is 6.61 Å². The van der Waals surface area contributed by atoms with Crippen LogP contribution >= 0.6 is 0 Å². The number of rotatable bonds is 12. The van der Waals surface area contributed by atoms with E-state index < -0.39 is 5.97 Å². The highest BCUT2D eigenvalue weighted by atomic mass is 16.5. The molecule has 1 rings (SSSR count). The molecule has 0 fully saturated rings. The molecule has 0 atom stereocenters. The normalized spacial score (nSPS) is 10.4. The van der Waals surface area contributed by atoms with E-state index in [4.69, 9.17) is 9.84 Å². The number of ketones is 1. The van der Waals surface area contributed by atoms with Gasteiger partial charge >= 0.3 is 5.97 Å². The third-order valence-electron chi connectivity index (χ3n) is 3.56. The number of carboxylic acid groups (broad SMARTS) is 1. The van der Waals surface area contributed by atoms with Gasteiger partial charge in [0.05, 0.1) is 12.2 Å². The fraction of sp³-hybridized carbons (Fsp3) is 0.556. The van der Waals surface area contributed by atoms with Gasteiger partial charge in [0.15, 0.2) is 5.78 Å². The van der Waals surface area contributed by atoms with Gasteiger partial charge in [-0.2, -0.15) is 0 Å². The van der Waals surface area contributed by atoms with Crippen LogP contribution in [0.2, 0.25) is 0 Å². The fourth-order valence-electron chi connectivity index (χ4n) is 2.33. The number of ether oxygens (including phenoxy) is 1. The summed E-state index contributed by atoms with van der Waals surface area (Å²) >= 11 is 0. The fourth-order valence-corrected chi connectivity index (χ4v) is 2.33. The lowest BCUT2D eigenvalue weighted by molar-refractivity contribution is -0.137. The highest BCUT2D eigenvalue weighted by molar-refractivity contribution is 5.96. The van der Waals surface area contributed by atoms with Crippen LogP contribution in [0.1, 0.15) is 68.6 Å². The molecule has 0 radical (unpaired) electrons. The Morgan fingerprint density at radius 1 is 0.955 bits per heavy atom. The Hall–Kier alpha value is -1.84. The summed E-state index contributed by atoms with van der Waals surface area (Å²) < 4.78 is 5.68. The highest BCUT2D eigenvalue weighted by Gasteiger charge is 2.06. The zero-order chi connectivity index (χ0) is 16.2. The number of para-hydroxylation sites is 1. The molecule has 0 saturated carbocycles. The van der Waals surface area contributed by atoms with Crippen molar-refractivity contribution in [2.45, 2.75) is 58.3 Å². The summed E-state index contributed by atoms with van der Waals surface area (Å²) in [7, 11) is 0. The van der Waals surface area contributed by atoms with Gasteiger partial charge in [-0.05, 0) is 31.9 Å². The highest BCUT2D eigenvalue weighted by Crippen LogP contribution is 2.19. The van der Waals surface area contributed by atoms with Gasteiger partial charge in [0.25, 0.3) is 0 Å². The first kappa shape index (κ1) is 18.2. The molecular formula is C18H26O4. The van der Waals surface area contributed by atoms with Crippen LogP contribution in [0, 0.1) is 0 Å². The Kier molecular flexibility index (Phi) is 8.96. The second kappa shape index (κ2) is 10.8. The molecule has 0 amide bonds. The largest absolute Gasteiger partial charge is 0.493 e. The summed E-state index contributed by atoms with van der Waals surface area (Å²) in [6, 6.07) is 7.33. The molecule has 122 valence electrons. The number of hydrogen-bond donors (Lipinski definition) is 1. The smallest absolute Gasteiger partial charge is 0.303 e. The molecule has 0 saturated heterocycles. The molecule has 1 aromatic carbocycles. The van der Waals surface area contributed by atoms with E-state index in [9.17, 15) is 9.59 Å². The number of carboxylic acids is 1. The number of benzene rings is 1. The van der Waals surface area contributed by atoms with Crippen LogP contribution in [0.5, 0.6) is 5.75 Å². The number of carbonyl (C=O) groups is 2. The van der Waals surface area contributed by atoms with Gasteiger partial charge in [-0.15, -0.1) is 0 Å². The van der Waals surface area contributed by atoms with Gasteiger partial charge in [-0.25, -0.2) is 0 Å². The minimum absolute atomic E-state index is 0.0250. The minimum Gasteiger partial charge on any atom is -0.493 e. The van der Waals surface area contributed by atoms with E-state index in [0.29, 0.717) is 17.9 Å². The van der Waals surface area contributed by atoms with Crippen molar-refractivity contribution in [2.24, 2.45) is 0 Å². The SMILES string of the molecule is CC(=O)c1ccccc1OCCCCCCCCCC(=O)O. The van der Waals surface area contributed by atoms with Crippen LogP contribution in [0.25, 0.3) is 0 Å². The first-order valence-corrected chi connectivity index (χ1v) is 8.06.